The zero-order valence-corrected chi connectivity index (χ0v) is 14.7. The van der Waals surface area contributed by atoms with Gasteiger partial charge in [0.2, 0.25) is 10.0 Å². The Morgan fingerprint density at radius 3 is 2.67 bits per heavy atom. The molecule has 2 N–H and O–H groups in total. The van der Waals surface area contributed by atoms with E-state index in [1.807, 2.05) is 20.8 Å². The first-order valence-electron chi connectivity index (χ1n) is 7.11. The average Bonchev–Trinajstić information content (AvgIpc) is 3.17. The maximum atomic E-state index is 12.4. The van der Waals surface area contributed by atoms with E-state index in [1.165, 1.54) is 24.2 Å². The number of aryl methyl sites for hydroxylation is 1. The molecule has 0 bridgehead atoms. The summed E-state index contributed by atoms with van der Waals surface area (Å²) >= 11 is 1.54. The zero-order chi connectivity index (χ0) is 15.7. The van der Waals surface area contributed by atoms with Crippen LogP contribution >= 0.6 is 11.3 Å². The van der Waals surface area contributed by atoms with Crippen LogP contribution in [0.4, 0.5) is 0 Å². The van der Waals surface area contributed by atoms with Crippen LogP contribution in [0.2, 0.25) is 0 Å². The number of ether oxygens (including phenoxy) is 1. The maximum absolute atomic E-state index is 12.4. The Morgan fingerprint density at radius 1 is 1.43 bits per heavy atom. The van der Waals surface area contributed by atoms with Crippen molar-refractivity contribution >= 4 is 21.4 Å². The fourth-order valence-corrected chi connectivity index (χ4v) is 4.61. The van der Waals surface area contributed by atoms with E-state index < -0.39 is 15.6 Å². The third kappa shape index (κ3) is 4.75. The lowest BCUT2D eigenvalue weighted by Gasteiger charge is -2.22. The molecule has 1 aromatic heterocycles. The molecule has 0 amide bonds. The van der Waals surface area contributed by atoms with Crippen molar-refractivity contribution in [1.29, 1.82) is 0 Å². The van der Waals surface area contributed by atoms with Crippen molar-refractivity contribution in [2.24, 2.45) is 0 Å². The Kier molecular flexibility index (Phi) is 5.10. The van der Waals surface area contributed by atoms with E-state index in [-0.39, 0.29) is 6.54 Å². The van der Waals surface area contributed by atoms with Gasteiger partial charge in [-0.3, -0.25) is 0 Å². The molecule has 1 fully saturated rings. The van der Waals surface area contributed by atoms with Gasteiger partial charge in [-0.2, -0.15) is 0 Å². The third-order valence-electron chi connectivity index (χ3n) is 3.60. The van der Waals surface area contributed by atoms with Gasteiger partial charge in [-0.15, -0.1) is 11.3 Å². The average molecular weight is 332 g/mol. The van der Waals surface area contributed by atoms with Crippen molar-refractivity contribution in [1.82, 2.24) is 10.0 Å². The second kappa shape index (κ2) is 6.34. The molecule has 0 radical (unpaired) electrons. The summed E-state index contributed by atoms with van der Waals surface area (Å²) in [6, 6.07) is 2.39. The summed E-state index contributed by atoms with van der Waals surface area (Å²) in [5.74, 6) is 0. The molecule has 1 aliphatic carbocycles. The second-order valence-electron chi connectivity index (χ2n) is 6.08. The van der Waals surface area contributed by atoms with Crippen LogP contribution in [-0.2, 0) is 21.3 Å². The number of methoxy groups -OCH3 is 1. The summed E-state index contributed by atoms with van der Waals surface area (Å²) in [6.07, 6.45) is 2.45. The second-order valence-corrected chi connectivity index (χ2v) is 9.15. The van der Waals surface area contributed by atoms with Gasteiger partial charge in [-0.25, -0.2) is 13.1 Å². The third-order valence-corrected chi connectivity index (χ3v) is 6.30. The molecule has 0 spiro atoms. The van der Waals surface area contributed by atoms with Crippen molar-refractivity contribution in [3.05, 3.63) is 15.8 Å². The van der Waals surface area contributed by atoms with Crippen LogP contribution in [0, 0.1) is 6.92 Å². The summed E-state index contributed by atoms with van der Waals surface area (Å²) in [4.78, 5) is 2.27. The van der Waals surface area contributed by atoms with Gasteiger partial charge >= 0.3 is 0 Å². The first-order valence-corrected chi connectivity index (χ1v) is 9.41. The summed E-state index contributed by atoms with van der Waals surface area (Å²) < 4.78 is 32.7. The van der Waals surface area contributed by atoms with Gasteiger partial charge in [0.1, 0.15) is 0 Å². The first kappa shape index (κ1) is 16.9. The lowest BCUT2D eigenvalue weighted by atomic mass is 10.1. The summed E-state index contributed by atoms with van der Waals surface area (Å²) in [6.45, 7) is 6.54. The lowest BCUT2D eigenvalue weighted by molar-refractivity contribution is 0.0276. The normalized spacial score (nSPS) is 16.4. The summed E-state index contributed by atoms with van der Waals surface area (Å²) in [5.41, 5.74) is -0.520. The van der Waals surface area contributed by atoms with Gasteiger partial charge in [0.05, 0.1) is 10.5 Å². The van der Waals surface area contributed by atoms with Crippen LogP contribution in [0.5, 0.6) is 0 Å². The molecule has 0 aliphatic heterocycles. The number of hydrogen-bond donors (Lipinski definition) is 2. The van der Waals surface area contributed by atoms with E-state index in [2.05, 4.69) is 10.0 Å². The van der Waals surface area contributed by atoms with E-state index >= 15 is 0 Å². The van der Waals surface area contributed by atoms with Crippen molar-refractivity contribution in [2.45, 2.75) is 56.7 Å². The predicted molar refractivity (Wildman–Crippen MR) is 85.2 cm³/mol. The van der Waals surface area contributed by atoms with Gasteiger partial charge in [-0.1, -0.05) is 0 Å². The van der Waals surface area contributed by atoms with Gasteiger partial charge < -0.3 is 10.1 Å². The van der Waals surface area contributed by atoms with E-state index in [1.54, 1.807) is 13.2 Å². The smallest absolute Gasteiger partial charge is 0.241 e. The first-order chi connectivity index (χ1) is 9.73. The number of rotatable bonds is 8. The summed E-state index contributed by atoms with van der Waals surface area (Å²) in [7, 11) is -1.91. The number of nitrogens with one attached hydrogen (secondary N) is 2. The van der Waals surface area contributed by atoms with Crippen molar-refractivity contribution in [3.63, 3.8) is 0 Å². The molecule has 120 valence electrons. The molecule has 1 aliphatic rings. The fourth-order valence-electron chi connectivity index (χ4n) is 1.83. The highest BCUT2D eigenvalue weighted by molar-refractivity contribution is 7.89. The molecule has 7 heteroatoms. The topological polar surface area (TPSA) is 67.4 Å². The fraction of sp³-hybridized carbons (Fsp3) is 0.714. The molecule has 21 heavy (non-hydrogen) atoms. The lowest BCUT2D eigenvalue weighted by Crippen LogP contribution is -2.39. The highest BCUT2D eigenvalue weighted by atomic mass is 32.2. The SMILES string of the molecule is COC(C)(C)CNS(=O)(=O)c1cc(CNC2CC2)sc1C. The Hall–Kier alpha value is -0.470. The van der Waals surface area contributed by atoms with Gasteiger partial charge in [0, 0.05) is 36.0 Å². The van der Waals surface area contributed by atoms with Crippen LogP contribution in [0.25, 0.3) is 0 Å². The monoisotopic (exact) mass is 332 g/mol. The van der Waals surface area contributed by atoms with Crippen LogP contribution in [0.3, 0.4) is 0 Å². The Labute approximate surface area is 131 Å². The molecular formula is C14H24N2O3S2. The molecule has 1 aromatic rings. The Morgan fingerprint density at radius 2 is 2.10 bits per heavy atom. The molecule has 0 unspecified atom stereocenters. The standard InChI is InChI=1S/C14H24N2O3S2/c1-10-13(7-12(20-10)8-15-11-5-6-11)21(17,18)16-9-14(2,3)19-4/h7,11,15-16H,5-6,8-9H2,1-4H3. The van der Waals surface area contributed by atoms with E-state index in [0.717, 1.165) is 16.3 Å². The Bertz CT molecular complexity index is 589. The van der Waals surface area contributed by atoms with Crippen molar-refractivity contribution in [3.8, 4) is 0 Å². The van der Waals surface area contributed by atoms with E-state index in [9.17, 15) is 8.42 Å². The molecule has 1 saturated carbocycles. The number of thiophene rings is 1. The summed E-state index contributed by atoms with van der Waals surface area (Å²) in [5, 5.41) is 3.41. The van der Waals surface area contributed by atoms with Crippen LogP contribution in [0.15, 0.2) is 11.0 Å². The molecule has 0 saturated heterocycles. The molecule has 0 aromatic carbocycles. The van der Waals surface area contributed by atoms with Crippen LogP contribution < -0.4 is 10.0 Å². The minimum atomic E-state index is -3.48. The minimum absolute atomic E-state index is 0.247. The Balaban J connectivity index is 2.04. The predicted octanol–water partition coefficient (Wildman–Crippen LogP) is 2.01. The molecular weight excluding hydrogens is 308 g/mol. The van der Waals surface area contributed by atoms with E-state index in [0.29, 0.717) is 10.9 Å². The van der Waals surface area contributed by atoms with Gasteiger partial charge in [-0.05, 0) is 39.7 Å². The van der Waals surface area contributed by atoms with Crippen LogP contribution in [0.1, 0.15) is 36.4 Å². The maximum Gasteiger partial charge on any atom is 0.241 e. The number of hydrogen-bond acceptors (Lipinski definition) is 5. The van der Waals surface area contributed by atoms with Crippen LogP contribution in [-0.4, -0.2) is 33.7 Å². The molecule has 5 nitrogen and oxygen atoms in total. The quantitative estimate of drug-likeness (QED) is 0.764. The highest BCUT2D eigenvalue weighted by Crippen LogP contribution is 2.27. The zero-order valence-electron chi connectivity index (χ0n) is 13.0. The number of sulfonamides is 1. The van der Waals surface area contributed by atoms with Crippen molar-refractivity contribution in [2.75, 3.05) is 13.7 Å². The van der Waals surface area contributed by atoms with E-state index in [4.69, 9.17) is 4.74 Å². The molecule has 1 heterocycles. The molecule has 0 atom stereocenters. The van der Waals surface area contributed by atoms with Crippen molar-refractivity contribution < 1.29 is 13.2 Å². The minimum Gasteiger partial charge on any atom is -0.377 e. The highest BCUT2D eigenvalue weighted by Gasteiger charge is 2.25. The van der Waals surface area contributed by atoms with Gasteiger partial charge in [0.25, 0.3) is 0 Å². The van der Waals surface area contributed by atoms with Gasteiger partial charge in [0.15, 0.2) is 0 Å². The molecule has 2 rings (SSSR count). The largest absolute Gasteiger partial charge is 0.377 e.